The molecule has 10 heteroatoms. The van der Waals surface area contributed by atoms with E-state index in [2.05, 4.69) is 56.9 Å². The highest BCUT2D eigenvalue weighted by atomic mass is 35.5. The molecule has 2 aromatic heterocycles. The van der Waals surface area contributed by atoms with E-state index in [-0.39, 0.29) is 11.1 Å². The lowest BCUT2D eigenvalue weighted by atomic mass is 9.93. The third-order valence-electron chi connectivity index (χ3n) is 8.63. The molecule has 6 rings (SSSR count). The summed E-state index contributed by atoms with van der Waals surface area (Å²) in [5, 5.41) is 11.4. The monoisotopic (exact) mass is 617 g/mol. The number of hydrogen-bond donors (Lipinski definition) is 4. The molecule has 44 heavy (non-hydrogen) atoms. The second kappa shape index (κ2) is 13.6. The van der Waals surface area contributed by atoms with E-state index >= 15 is 4.39 Å². The molecule has 2 atom stereocenters. The molecule has 2 unspecified atom stereocenters. The molecule has 0 radical (unpaired) electrons. The van der Waals surface area contributed by atoms with Gasteiger partial charge in [0.05, 0.1) is 29.5 Å². The predicted molar refractivity (Wildman–Crippen MR) is 177 cm³/mol. The van der Waals surface area contributed by atoms with Crippen LogP contribution in [0.15, 0.2) is 58.4 Å². The van der Waals surface area contributed by atoms with Crippen LogP contribution in [0.1, 0.15) is 63.1 Å². The van der Waals surface area contributed by atoms with E-state index in [1.54, 1.807) is 12.3 Å². The molecule has 4 N–H and O–H groups in total. The summed E-state index contributed by atoms with van der Waals surface area (Å²) in [4.78, 5) is 25.0. The lowest BCUT2D eigenvalue weighted by molar-refractivity contribution is 0.323. The molecule has 2 aliphatic heterocycles. The first-order valence-electron chi connectivity index (χ1n) is 15.8. The van der Waals surface area contributed by atoms with Crippen molar-refractivity contribution < 1.29 is 4.39 Å². The normalized spacial score (nSPS) is 19.0. The maximum Gasteiger partial charge on any atom is 0.354 e. The van der Waals surface area contributed by atoms with Gasteiger partial charge in [0.25, 0.3) is 0 Å². The molecule has 8 nitrogen and oxygen atoms in total. The first-order valence-corrected chi connectivity index (χ1v) is 16.2. The maximum atomic E-state index is 15.2. The fraction of sp³-hybridized carbons (Fsp3) is 0.441. The van der Waals surface area contributed by atoms with Crippen LogP contribution in [0.25, 0.3) is 28.0 Å². The summed E-state index contributed by atoms with van der Waals surface area (Å²) in [5.74, 6) is 1.17. The molecule has 1 fully saturated rings. The molecule has 232 valence electrons. The Kier molecular flexibility index (Phi) is 9.44. The quantitative estimate of drug-likeness (QED) is 0.187. The molecular weight excluding hydrogens is 577 g/mol. The molecule has 0 saturated carbocycles. The van der Waals surface area contributed by atoms with Crippen LogP contribution < -0.4 is 21.6 Å². The van der Waals surface area contributed by atoms with Gasteiger partial charge in [-0.3, -0.25) is 9.56 Å². The van der Waals surface area contributed by atoms with Gasteiger partial charge >= 0.3 is 5.69 Å². The number of H-pyrrole nitrogens is 1. The lowest BCUT2D eigenvalue weighted by Gasteiger charge is -2.32. The molecule has 4 heterocycles. The molecule has 0 bridgehead atoms. The summed E-state index contributed by atoms with van der Waals surface area (Å²) in [6.07, 6.45) is 8.03. The maximum absolute atomic E-state index is 15.2. The van der Waals surface area contributed by atoms with E-state index < -0.39 is 11.5 Å². The number of benzene rings is 2. The fourth-order valence-corrected chi connectivity index (χ4v) is 6.47. The van der Waals surface area contributed by atoms with E-state index in [9.17, 15) is 4.79 Å². The van der Waals surface area contributed by atoms with Crippen LogP contribution in [0.3, 0.4) is 0 Å². The summed E-state index contributed by atoms with van der Waals surface area (Å²) in [6, 6.07) is 14.1. The Morgan fingerprint density at radius 1 is 1.16 bits per heavy atom. The van der Waals surface area contributed by atoms with Gasteiger partial charge in [0.2, 0.25) is 0 Å². The average Bonchev–Trinajstić information content (AvgIpc) is 3.44. The van der Waals surface area contributed by atoms with Gasteiger partial charge in [0.15, 0.2) is 5.82 Å². The van der Waals surface area contributed by atoms with Gasteiger partial charge in [-0.1, -0.05) is 44.0 Å². The highest BCUT2D eigenvalue weighted by Crippen LogP contribution is 2.32. The summed E-state index contributed by atoms with van der Waals surface area (Å²) in [7, 11) is 0. The number of piperidine rings is 1. The van der Waals surface area contributed by atoms with Gasteiger partial charge in [-0.05, 0) is 79.5 Å². The standard InChI is InChI=1S/C34H41ClFN7O/c1-21(2)5-3-6-22-15-27(32(36)28(35)16-22)30-17-24-20-43(34(44)42-33(24)41-30)26-11-9-23(10-12-26)29-8-4-7-25(40-29)18-39-31-19-37-13-14-38-31/h9-12,15-17,20-21,25,29,37,40H,3-8,13-14,18-19H2,1-2H3,(H,38,39)(H,41,42,44). The van der Waals surface area contributed by atoms with Crippen LogP contribution in [-0.4, -0.2) is 52.6 Å². The van der Waals surface area contributed by atoms with Crippen molar-refractivity contribution in [2.75, 3.05) is 26.2 Å². The van der Waals surface area contributed by atoms with Crippen molar-refractivity contribution in [3.05, 3.63) is 81.1 Å². The largest absolute Gasteiger partial charge is 0.371 e. The molecule has 4 aromatic rings. The fourth-order valence-electron chi connectivity index (χ4n) is 6.23. The first kappa shape index (κ1) is 30.5. The highest BCUT2D eigenvalue weighted by molar-refractivity contribution is 6.31. The van der Waals surface area contributed by atoms with Gasteiger partial charge in [-0.25, -0.2) is 9.18 Å². The Labute approximate surface area is 262 Å². The molecular formula is C34H41ClFN7O. The van der Waals surface area contributed by atoms with Crippen LogP contribution in [0.2, 0.25) is 5.02 Å². The summed E-state index contributed by atoms with van der Waals surface area (Å²) < 4.78 is 16.7. The number of halogens is 2. The predicted octanol–water partition coefficient (Wildman–Crippen LogP) is 5.93. The number of aryl methyl sites for hydroxylation is 1. The van der Waals surface area contributed by atoms with Gasteiger partial charge < -0.3 is 20.9 Å². The number of nitrogens with one attached hydrogen (secondary N) is 4. The Morgan fingerprint density at radius 2 is 2.00 bits per heavy atom. The number of aliphatic imine (C=N–C) groups is 1. The smallest absolute Gasteiger partial charge is 0.354 e. The van der Waals surface area contributed by atoms with E-state index in [0.29, 0.717) is 34.3 Å². The number of aromatic amines is 1. The zero-order chi connectivity index (χ0) is 30.6. The number of amidine groups is 1. The Morgan fingerprint density at radius 3 is 2.77 bits per heavy atom. The number of hydrogen-bond acceptors (Lipinski definition) is 6. The minimum Gasteiger partial charge on any atom is -0.371 e. The van der Waals surface area contributed by atoms with Crippen LogP contribution in [0, 0.1) is 11.7 Å². The average molecular weight is 618 g/mol. The SMILES string of the molecule is CC(C)CCCc1cc(Cl)c(F)c(-c2cc3cn(-c4ccc(C5CCCC(CNC6=NCCNC6)N5)cc4)c(=O)nc3[nH]2)c1. The number of fused-ring (bicyclic) bond motifs is 1. The lowest BCUT2D eigenvalue weighted by Crippen LogP contribution is -2.47. The van der Waals surface area contributed by atoms with Crippen molar-refractivity contribution in [1.29, 1.82) is 0 Å². The first-order chi connectivity index (χ1) is 21.3. The highest BCUT2D eigenvalue weighted by Gasteiger charge is 2.23. The van der Waals surface area contributed by atoms with Crippen LogP contribution in [-0.2, 0) is 6.42 Å². The summed E-state index contributed by atoms with van der Waals surface area (Å²) >= 11 is 6.29. The molecule has 2 aliphatic rings. The molecule has 1 saturated heterocycles. The Bertz CT molecular complexity index is 1690. The third kappa shape index (κ3) is 7.06. The van der Waals surface area contributed by atoms with Crippen LogP contribution in [0.5, 0.6) is 0 Å². The van der Waals surface area contributed by atoms with Crippen molar-refractivity contribution in [3.63, 3.8) is 0 Å². The van der Waals surface area contributed by atoms with Gasteiger partial charge in [0, 0.05) is 42.3 Å². The second-order valence-electron chi connectivity index (χ2n) is 12.4. The Balaban J connectivity index is 1.18. The zero-order valence-corrected chi connectivity index (χ0v) is 26.2. The van der Waals surface area contributed by atoms with Crippen molar-refractivity contribution >= 4 is 28.5 Å². The molecule has 2 aromatic carbocycles. The third-order valence-corrected chi connectivity index (χ3v) is 8.90. The van der Waals surface area contributed by atoms with Crippen molar-refractivity contribution in [2.45, 2.75) is 64.5 Å². The van der Waals surface area contributed by atoms with Gasteiger partial charge in [-0.2, -0.15) is 4.98 Å². The number of rotatable bonds is 9. The van der Waals surface area contributed by atoms with Gasteiger partial charge in [-0.15, -0.1) is 0 Å². The summed E-state index contributed by atoms with van der Waals surface area (Å²) in [5.41, 5.74) is 3.86. The van der Waals surface area contributed by atoms with Crippen molar-refractivity contribution in [3.8, 4) is 16.9 Å². The number of aromatic nitrogens is 3. The zero-order valence-electron chi connectivity index (χ0n) is 25.4. The van der Waals surface area contributed by atoms with Crippen LogP contribution >= 0.6 is 11.6 Å². The van der Waals surface area contributed by atoms with E-state index in [4.69, 9.17) is 11.6 Å². The molecule has 0 aliphatic carbocycles. The number of nitrogens with zero attached hydrogens (tertiary/aromatic N) is 3. The second-order valence-corrected chi connectivity index (χ2v) is 12.8. The molecule has 0 spiro atoms. The van der Waals surface area contributed by atoms with Gasteiger partial charge in [0.1, 0.15) is 11.5 Å². The molecule has 0 amide bonds. The van der Waals surface area contributed by atoms with Crippen molar-refractivity contribution in [1.82, 2.24) is 30.5 Å². The van der Waals surface area contributed by atoms with Crippen molar-refractivity contribution in [2.24, 2.45) is 10.9 Å². The van der Waals surface area contributed by atoms with Crippen LogP contribution in [0.4, 0.5) is 4.39 Å². The summed E-state index contributed by atoms with van der Waals surface area (Å²) in [6.45, 7) is 7.81. The Hall–Kier alpha value is -3.53. The van der Waals surface area contributed by atoms with E-state index in [1.807, 2.05) is 24.3 Å². The minimum atomic E-state index is -0.481. The topological polar surface area (TPSA) is 99.1 Å². The minimum absolute atomic E-state index is 0.0966. The van der Waals surface area contributed by atoms with E-state index in [0.717, 1.165) is 81.8 Å². The van der Waals surface area contributed by atoms with E-state index in [1.165, 1.54) is 10.1 Å².